The van der Waals surface area contributed by atoms with E-state index in [9.17, 15) is 0 Å². The first-order valence-electron chi connectivity index (χ1n) is 7.77. The number of hydrogen-bond donors (Lipinski definition) is 0. The van der Waals surface area contributed by atoms with Gasteiger partial charge in [0.1, 0.15) is 5.69 Å². The molecule has 2 aromatic heterocycles. The van der Waals surface area contributed by atoms with E-state index in [0.717, 1.165) is 38.3 Å². The van der Waals surface area contributed by atoms with Gasteiger partial charge in [0.2, 0.25) is 0 Å². The maximum absolute atomic E-state index is 6.01. The lowest BCUT2D eigenvalue weighted by Gasteiger charge is -2.09. The summed E-state index contributed by atoms with van der Waals surface area (Å²) in [6, 6.07) is 23.8. The van der Waals surface area contributed by atoms with Crippen LogP contribution >= 0.6 is 27.5 Å². The van der Waals surface area contributed by atoms with Crippen LogP contribution in [0.2, 0.25) is 5.02 Å². The Hall–Kier alpha value is -2.36. The molecule has 25 heavy (non-hydrogen) atoms. The molecule has 0 bridgehead atoms. The van der Waals surface area contributed by atoms with Gasteiger partial charge in [0, 0.05) is 15.1 Å². The molecule has 0 unspecified atom stereocenters. The molecular weight excluding hydrogens is 398 g/mol. The summed E-state index contributed by atoms with van der Waals surface area (Å²) in [5.41, 5.74) is 4.89. The van der Waals surface area contributed by atoms with E-state index < -0.39 is 0 Å². The normalized spacial score (nSPS) is 10.8. The zero-order valence-corrected chi connectivity index (χ0v) is 15.5. The van der Waals surface area contributed by atoms with Crippen molar-refractivity contribution in [2.75, 3.05) is 0 Å². The van der Waals surface area contributed by atoms with Crippen molar-refractivity contribution < 1.29 is 4.42 Å². The second-order valence-electron chi connectivity index (χ2n) is 5.62. The summed E-state index contributed by atoms with van der Waals surface area (Å²) in [4.78, 5) is 4.77. The van der Waals surface area contributed by atoms with Crippen LogP contribution in [0.25, 0.3) is 33.8 Å². The first-order valence-corrected chi connectivity index (χ1v) is 8.94. The second-order valence-corrected chi connectivity index (χ2v) is 6.97. The van der Waals surface area contributed by atoms with Gasteiger partial charge in [-0.05, 0) is 59.7 Å². The summed E-state index contributed by atoms with van der Waals surface area (Å²) in [5, 5.41) is 0.707. The predicted octanol–water partition coefficient (Wildman–Crippen LogP) is 7.09. The van der Waals surface area contributed by atoms with E-state index in [1.807, 2.05) is 54.6 Å². The van der Waals surface area contributed by atoms with E-state index in [1.54, 1.807) is 6.26 Å². The van der Waals surface area contributed by atoms with E-state index in [1.165, 1.54) is 0 Å². The highest BCUT2D eigenvalue weighted by Crippen LogP contribution is 2.31. The van der Waals surface area contributed by atoms with Crippen molar-refractivity contribution in [1.82, 2.24) is 4.98 Å². The summed E-state index contributed by atoms with van der Waals surface area (Å²) in [7, 11) is 0. The van der Waals surface area contributed by atoms with Crippen molar-refractivity contribution >= 4 is 27.5 Å². The van der Waals surface area contributed by atoms with Gasteiger partial charge in [-0.3, -0.25) is 0 Å². The van der Waals surface area contributed by atoms with Crippen LogP contribution in [0.3, 0.4) is 0 Å². The van der Waals surface area contributed by atoms with Crippen molar-refractivity contribution in [2.24, 2.45) is 0 Å². The Balaban J connectivity index is 1.88. The minimum absolute atomic E-state index is 0.707. The standard InChI is InChI=1S/C21H13BrClNO/c22-17-7-3-14(4-8-17)16-12-19(15-5-9-18(23)10-6-15)24-20(13-16)21-2-1-11-25-21/h1-13H. The third-order valence-electron chi connectivity index (χ3n) is 3.92. The number of hydrogen-bond acceptors (Lipinski definition) is 2. The summed E-state index contributed by atoms with van der Waals surface area (Å²) in [6.45, 7) is 0. The molecule has 2 heterocycles. The van der Waals surface area contributed by atoms with Crippen LogP contribution in [0, 0.1) is 0 Å². The fraction of sp³-hybridized carbons (Fsp3) is 0. The van der Waals surface area contributed by atoms with Gasteiger partial charge in [-0.1, -0.05) is 51.8 Å². The number of rotatable bonds is 3. The Morgan fingerprint density at radius 3 is 2.12 bits per heavy atom. The number of aromatic nitrogens is 1. The average Bonchev–Trinajstić information content (AvgIpc) is 3.17. The van der Waals surface area contributed by atoms with Gasteiger partial charge in [-0.25, -0.2) is 4.98 Å². The molecule has 0 N–H and O–H groups in total. The zero-order valence-electron chi connectivity index (χ0n) is 13.1. The number of furan rings is 1. The van der Waals surface area contributed by atoms with Crippen molar-refractivity contribution in [1.29, 1.82) is 0 Å². The molecule has 122 valence electrons. The maximum atomic E-state index is 6.01. The molecule has 4 aromatic rings. The molecule has 0 saturated carbocycles. The number of nitrogens with zero attached hydrogens (tertiary/aromatic N) is 1. The first-order chi connectivity index (χ1) is 12.2. The van der Waals surface area contributed by atoms with Crippen LogP contribution in [0.5, 0.6) is 0 Å². The lowest BCUT2D eigenvalue weighted by molar-refractivity contribution is 0.580. The van der Waals surface area contributed by atoms with Gasteiger partial charge in [-0.15, -0.1) is 0 Å². The summed E-state index contributed by atoms with van der Waals surface area (Å²) in [6.07, 6.45) is 1.66. The monoisotopic (exact) mass is 409 g/mol. The minimum atomic E-state index is 0.707. The number of pyridine rings is 1. The second kappa shape index (κ2) is 6.87. The lowest BCUT2D eigenvalue weighted by Crippen LogP contribution is -1.90. The molecule has 0 aliphatic heterocycles. The molecule has 0 amide bonds. The Labute approximate surface area is 159 Å². The van der Waals surface area contributed by atoms with Gasteiger partial charge in [0.25, 0.3) is 0 Å². The average molecular weight is 411 g/mol. The fourth-order valence-corrected chi connectivity index (χ4v) is 3.05. The smallest absolute Gasteiger partial charge is 0.152 e. The quantitative estimate of drug-likeness (QED) is 0.360. The molecule has 0 radical (unpaired) electrons. The van der Waals surface area contributed by atoms with Crippen molar-refractivity contribution in [3.8, 4) is 33.8 Å². The maximum Gasteiger partial charge on any atom is 0.152 e. The molecule has 0 spiro atoms. The molecule has 0 saturated heterocycles. The van der Waals surface area contributed by atoms with Crippen LogP contribution in [0.15, 0.2) is 87.9 Å². The van der Waals surface area contributed by atoms with E-state index in [-0.39, 0.29) is 0 Å². The number of halogens is 2. The molecule has 4 rings (SSSR count). The SMILES string of the molecule is Clc1ccc(-c2cc(-c3ccc(Br)cc3)cc(-c3ccco3)n2)cc1. The summed E-state index contributed by atoms with van der Waals surface area (Å²) in [5.74, 6) is 0.745. The molecule has 2 nitrogen and oxygen atoms in total. The Morgan fingerprint density at radius 1 is 0.760 bits per heavy atom. The van der Waals surface area contributed by atoms with Crippen LogP contribution in [0.4, 0.5) is 0 Å². The minimum Gasteiger partial charge on any atom is -0.463 e. The third-order valence-corrected chi connectivity index (χ3v) is 4.70. The molecule has 4 heteroatoms. The van der Waals surface area contributed by atoms with Gasteiger partial charge in [-0.2, -0.15) is 0 Å². The van der Waals surface area contributed by atoms with Crippen molar-refractivity contribution in [3.05, 3.63) is 88.6 Å². The van der Waals surface area contributed by atoms with Crippen LogP contribution in [0.1, 0.15) is 0 Å². The van der Waals surface area contributed by atoms with Crippen LogP contribution in [-0.2, 0) is 0 Å². The molecule has 0 aliphatic rings. The van der Waals surface area contributed by atoms with Crippen LogP contribution < -0.4 is 0 Å². The highest BCUT2D eigenvalue weighted by Gasteiger charge is 2.10. The Kier molecular flexibility index (Phi) is 4.43. The first kappa shape index (κ1) is 16.1. The lowest BCUT2D eigenvalue weighted by atomic mass is 10.0. The van der Waals surface area contributed by atoms with E-state index in [0.29, 0.717) is 5.02 Å². The highest BCUT2D eigenvalue weighted by atomic mass is 79.9. The fourth-order valence-electron chi connectivity index (χ4n) is 2.66. The van der Waals surface area contributed by atoms with Crippen molar-refractivity contribution in [2.45, 2.75) is 0 Å². The topological polar surface area (TPSA) is 26.0 Å². The third kappa shape index (κ3) is 3.53. The van der Waals surface area contributed by atoms with Gasteiger partial charge >= 0.3 is 0 Å². The van der Waals surface area contributed by atoms with Gasteiger partial charge in [0.05, 0.1) is 12.0 Å². The molecular formula is C21H13BrClNO. The van der Waals surface area contributed by atoms with Crippen molar-refractivity contribution in [3.63, 3.8) is 0 Å². The van der Waals surface area contributed by atoms with Crippen LogP contribution in [-0.4, -0.2) is 4.98 Å². The molecule has 2 aromatic carbocycles. The Bertz CT molecular complexity index is 930. The van der Waals surface area contributed by atoms with E-state index >= 15 is 0 Å². The molecule has 0 atom stereocenters. The highest BCUT2D eigenvalue weighted by molar-refractivity contribution is 9.10. The Morgan fingerprint density at radius 2 is 1.44 bits per heavy atom. The van der Waals surface area contributed by atoms with Gasteiger partial charge in [0.15, 0.2) is 5.76 Å². The molecule has 0 aliphatic carbocycles. The largest absolute Gasteiger partial charge is 0.463 e. The number of benzene rings is 2. The predicted molar refractivity (Wildman–Crippen MR) is 106 cm³/mol. The zero-order chi connectivity index (χ0) is 17.2. The summed E-state index contributed by atoms with van der Waals surface area (Å²) >= 11 is 9.50. The summed E-state index contributed by atoms with van der Waals surface area (Å²) < 4.78 is 6.60. The van der Waals surface area contributed by atoms with Gasteiger partial charge < -0.3 is 4.42 Å². The molecule has 0 fully saturated rings. The van der Waals surface area contributed by atoms with E-state index in [4.69, 9.17) is 21.0 Å². The van der Waals surface area contributed by atoms with E-state index in [2.05, 4.69) is 34.1 Å².